The monoisotopic (exact) mass is 218 g/mol. The molecule has 1 heterocycles. The predicted molar refractivity (Wildman–Crippen MR) is 51.0 cm³/mol. The van der Waals surface area contributed by atoms with Crippen molar-refractivity contribution in [3.63, 3.8) is 0 Å². The highest BCUT2D eigenvalue weighted by molar-refractivity contribution is 7.88. The number of sulfonamides is 1. The standard InChI is InChI=1S/C7H14N4O2S/c1-6(2)4-11(3)14(12,13)7-8-5-9-10-7/h5-6H,4H2,1-3H3,(H,8,9,10). The van der Waals surface area contributed by atoms with E-state index in [0.717, 1.165) is 0 Å². The summed E-state index contributed by atoms with van der Waals surface area (Å²) in [5.74, 6) is 0.276. The summed E-state index contributed by atoms with van der Waals surface area (Å²) in [6, 6.07) is 0. The van der Waals surface area contributed by atoms with Gasteiger partial charge in [0.25, 0.3) is 15.2 Å². The second kappa shape index (κ2) is 4.05. The van der Waals surface area contributed by atoms with Gasteiger partial charge < -0.3 is 0 Å². The maximum Gasteiger partial charge on any atom is 0.278 e. The lowest BCUT2D eigenvalue weighted by atomic mass is 10.2. The lowest BCUT2D eigenvalue weighted by Gasteiger charge is -2.16. The van der Waals surface area contributed by atoms with Crippen LogP contribution in [0.4, 0.5) is 0 Å². The molecule has 0 bridgehead atoms. The fourth-order valence-electron chi connectivity index (χ4n) is 1.08. The minimum Gasteiger partial charge on any atom is -0.249 e. The number of H-pyrrole nitrogens is 1. The second-order valence-corrected chi connectivity index (χ2v) is 5.43. The fraction of sp³-hybridized carbons (Fsp3) is 0.714. The van der Waals surface area contributed by atoms with Gasteiger partial charge in [-0.3, -0.25) is 0 Å². The Morgan fingerprint density at radius 3 is 2.64 bits per heavy atom. The van der Waals surface area contributed by atoms with Crippen LogP contribution in [0, 0.1) is 5.92 Å². The SMILES string of the molecule is CC(C)CN(C)S(=O)(=O)c1ncn[nH]1. The highest BCUT2D eigenvalue weighted by atomic mass is 32.2. The lowest BCUT2D eigenvalue weighted by molar-refractivity contribution is 0.413. The molecule has 0 atom stereocenters. The van der Waals surface area contributed by atoms with Crippen LogP contribution >= 0.6 is 0 Å². The molecule has 0 radical (unpaired) electrons. The van der Waals surface area contributed by atoms with E-state index in [2.05, 4.69) is 15.2 Å². The van der Waals surface area contributed by atoms with Crippen LogP contribution in [0.25, 0.3) is 0 Å². The quantitative estimate of drug-likeness (QED) is 0.776. The summed E-state index contributed by atoms with van der Waals surface area (Å²) in [7, 11) is -1.96. The first-order valence-corrected chi connectivity index (χ1v) is 5.70. The van der Waals surface area contributed by atoms with Crippen LogP contribution in [0.1, 0.15) is 13.8 Å². The molecule has 80 valence electrons. The molecule has 0 saturated heterocycles. The molecule has 1 N–H and O–H groups in total. The first-order chi connectivity index (χ1) is 6.44. The van der Waals surface area contributed by atoms with Gasteiger partial charge in [0.15, 0.2) is 0 Å². The van der Waals surface area contributed by atoms with Crippen LogP contribution in [-0.2, 0) is 10.0 Å². The van der Waals surface area contributed by atoms with Crippen molar-refractivity contribution in [3.05, 3.63) is 6.33 Å². The molecule has 0 spiro atoms. The van der Waals surface area contributed by atoms with Gasteiger partial charge in [-0.15, -0.1) is 0 Å². The largest absolute Gasteiger partial charge is 0.278 e. The minimum absolute atomic E-state index is 0.111. The number of nitrogens with one attached hydrogen (secondary N) is 1. The molecule has 0 aliphatic rings. The summed E-state index contributed by atoms with van der Waals surface area (Å²) in [6.45, 7) is 4.36. The van der Waals surface area contributed by atoms with E-state index in [9.17, 15) is 8.42 Å². The molecule has 0 aromatic carbocycles. The molecule has 7 heteroatoms. The van der Waals surface area contributed by atoms with Crippen molar-refractivity contribution < 1.29 is 8.42 Å². The van der Waals surface area contributed by atoms with Crippen molar-refractivity contribution in [2.45, 2.75) is 19.0 Å². The summed E-state index contributed by atoms with van der Waals surface area (Å²) in [5.41, 5.74) is 0. The Labute approximate surface area is 83.4 Å². The molecule has 14 heavy (non-hydrogen) atoms. The van der Waals surface area contributed by atoms with Crippen molar-refractivity contribution in [3.8, 4) is 0 Å². The predicted octanol–water partition coefficient (Wildman–Crippen LogP) is 0.0812. The minimum atomic E-state index is -3.49. The first kappa shape index (κ1) is 11.1. The number of rotatable bonds is 4. The maximum atomic E-state index is 11.7. The van der Waals surface area contributed by atoms with Crippen molar-refractivity contribution >= 4 is 10.0 Å². The van der Waals surface area contributed by atoms with Gasteiger partial charge in [-0.1, -0.05) is 13.8 Å². The fourth-order valence-corrected chi connectivity index (χ4v) is 2.22. The third-order valence-electron chi connectivity index (χ3n) is 1.67. The van der Waals surface area contributed by atoms with Gasteiger partial charge in [0.2, 0.25) is 0 Å². The van der Waals surface area contributed by atoms with E-state index in [0.29, 0.717) is 6.54 Å². The van der Waals surface area contributed by atoms with Gasteiger partial charge in [0.05, 0.1) is 0 Å². The Morgan fingerprint density at radius 1 is 1.57 bits per heavy atom. The zero-order valence-corrected chi connectivity index (χ0v) is 9.24. The van der Waals surface area contributed by atoms with E-state index < -0.39 is 10.0 Å². The van der Waals surface area contributed by atoms with E-state index in [4.69, 9.17) is 0 Å². The molecule has 0 unspecified atom stereocenters. The topological polar surface area (TPSA) is 79.0 Å². The first-order valence-electron chi connectivity index (χ1n) is 4.26. The normalized spacial score (nSPS) is 12.6. The molecule has 1 aromatic rings. The Morgan fingerprint density at radius 2 is 2.21 bits per heavy atom. The summed E-state index contributed by atoms with van der Waals surface area (Å²) in [6.07, 6.45) is 1.18. The third kappa shape index (κ3) is 2.30. The molecule has 0 amide bonds. The zero-order chi connectivity index (χ0) is 10.8. The molecule has 0 aliphatic carbocycles. The van der Waals surface area contributed by atoms with Gasteiger partial charge >= 0.3 is 0 Å². The van der Waals surface area contributed by atoms with Crippen LogP contribution in [0.5, 0.6) is 0 Å². The molecular formula is C7H14N4O2S. The number of hydrogen-bond donors (Lipinski definition) is 1. The van der Waals surface area contributed by atoms with Crippen LogP contribution in [0.2, 0.25) is 0 Å². The van der Waals surface area contributed by atoms with E-state index in [1.54, 1.807) is 0 Å². The van der Waals surface area contributed by atoms with E-state index in [1.165, 1.54) is 17.7 Å². The van der Waals surface area contributed by atoms with Crippen molar-refractivity contribution in [1.29, 1.82) is 0 Å². The van der Waals surface area contributed by atoms with Crippen LogP contribution in [0.3, 0.4) is 0 Å². The van der Waals surface area contributed by atoms with Gasteiger partial charge in [0, 0.05) is 13.6 Å². The zero-order valence-electron chi connectivity index (χ0n) is 8.43. The number of aromatic nitrogens is 3. The van der Waals surface area contributed by atoms with E-state index in [1.807, 2.05) is 13.8 Å². The summed E-state index contributed by atoms with van der Waals surface area (Å²) in [4.78, 5) is 3.62. The summed E-state index contributed by atoms with van der Waals surface area (Å²) in [5, 5.41) is 5.74. The van der Waals surface area contributed by atoms with Crippen LogP contribution < -0.4 is 0 Å². The van der Waals surface area contributed by atoms with Crippen molar-refractivity contribution in [1.82, 2.24) is 19.5 Å². The van der Waals surface area contributed by atoms with Gasteiger partial charge in [-0.25, -0.2) is 18.5 Å². The highest BCUT2D eigenvalue weighted by Crippen LogP contribution is 2.09. The second-order valence-electron chi connectivity index (χ2n) is 3.47. The average molecular weight is 218 g/mol. The molecule has 6 nitrogen and oxygen atoms in total. The summed E-state index contributed by atoms with van der Waals surface area (Å²) >= 11 is 0. The Balaban J connectivity index is 2.86. The molecule has 0 aliphatic heterocycles. The highest BCUT2D eigenvalue weighted by Gasteiger charge is 2.23. The number of aromatic amines is 1. The summed E-state index contributed by atoms with van der Waals surface area (Å²) < 4.78 is 24.7. The van der Waals surface area contributed by atoms with Crippen LogP contribution in [0.15, 0.2) is 11.5 Å². The molecule has 1 aromatic heterocycles. The molecule has 0 saturated carbocycles. The Hall–Kier alpha value is -0.950. The average Bonchev–Trinajstić information content (AvgIpc) is 2.54. The Bertz CT molecular complexity index is 370. The van der Waals surface area contributed by atoms with Crippen molar-refractivity contribution in [2.75, 3.05) is 13.6 Å². The maximum absolute atomic E-state index is 11.7. The number of hydrogen-bond acceptors (Lipinski definition) is 4. The lowest BCUT2D eigenvalue weighted by Crippen LogP contribution is -2.31. The number of nitrogens with zero attached hydrogens (tertiary/aromatic N) is 3. The molecule has 0 fully saturated rings. The Kier molecular flexibility index (Phi) is 3.22. The van der Waals surface area contributed by atoms with Gasteiger partial charge in [-0.05, 0) is 5.92 Å². The van der Waals surface area contributed by atoms with Crippen molar-refractivity contribution in [2.24, 2.45) is 5.92 Å². The third-order valence-corrected chi connectivity index (χ3v) is 3.32. The van der Waals surface area contributed by atoms with E-state index in [-0.39, 0.29) is 11.1 Å². The van der Waals surface area contributed by atoms with Crippen LogP contribution in [-0.4, -0.2) is 41.5 Å². The van der Waals surface area contributed by atoms with E-state index >= 15 is 0 Å². The smallest absolute Gasteiger partial charge is 0.249 e. The molecular weight excluding hydrogens is 204 g/mol. The van der Waals surface area contributed by atoms with Gasteiger partial charge in [0.1, 0.15) is 6.33 Å². The van der Waals surface area contributed by atoms with Gasteiger partial charge in [-0.2, -0.15) is 9.40 Å². The molecule has 1 rings (SSSR count).